The van der Waals surface area contributed by atoms with Crippen LogP contribution in [0.1, 0.15) is 0 Å². The number of hydrogen-bond donors (Lipinski definition) is 0. The second-order valence-corrected chi connectivity index (χ2v) is 6.48. The smallest absolute Gasteiger partial charge is 0.161 e. The average Bonchev–Trinajstić information content (AvgIpc) is 2.69. The van der Waals surface area contributed by atoms with E-state index in [-0.39, 0.29) is 0 Å². The molecule has 0 amide bonds. The van der Waals surface area contributed by atoms with Gasteiger partial charge in [-0.05, 0) is 30.3 Å². The summed E-state index contributed by atoms with van der Waals surface area (Å²) in [5.74, 6) is 1.80. The second-order valence-electron chi connectivity index (χ2n) is 6.48. The van der Waals surface area contributed by atoms with Gasteiger partial charge in [0.15, 0.2) is 5.82 Å². The summed E-state index contributed by atoms with van der Waals surface area (Å²) >= 11 is 0. The SMILES string of the molecule is CN1CCN(c2ccnc(-c3cccc(-c4ccccc4)c3)n2)CC1. The monoisotopic (exact) mass is 330 g/mol. The highest BCUT2D eigenvalue weighted by atomic mass is 15.3. The molecule has 1 aromatic heterocycles. The molecule has 0 atom stereocenters. The molecule has 1 aliphatic rings. The summed E-state index contributed by atoms with van der Waals surface area (Å²) in [5.41, 5.74) is 3.45. The maximum absolute atomic E-state index is 4.82. The summed E-state index contributed by atoms with van der Waals surface area (Å²) < 4.78 is 0. The highest BCUT2D eigenvalue weighted by Gasteiger charge is 2.16. The third kappa shape index (κ3) is 3.54. The predicted octanol–water partition coefficient (Wildman–Crippen LogP) is 3.56. The first-order chi connectivity index (χ1) is 12.3. The van der Waals surface area contributed by atoms with E-state index in [0.29, 0.717) is 0 Å². The number of hydrogen-bond acceptors (Lipinski definition) is 4. The molecule has 1 aliphatic heterocycles. The zero-order valence-electron chi connectivity index (χ0n) is 14.5. The number of anilines is 1. The van der Waals surface area contributed by atoms with Gasteiger partial charge in [-0.1, -0.05) is 48.5 Å². The van der Waals surface area contributed by atoms with E-state index in [4.69, 9.17) is 4.98 Å². The van der Waals surface area contributed by atoms with E-state index in [1.165, 1.54) is 11.1 Å². The Morgan fingerprint density at radius 3 is 2.28 bits per heavy atom. The van der Waals surface area contributed by atoms with Crippen LogP contribution in [0.3, 0.4) is 0 Å². The van der Waals surface area contributed by atoms with Crippen LogP contribution in [0.5, 0.6) is 0 Å². The van der Waals surface area contributed by atoms with Gasteiger partial charge in [0.1, 0.15) is 5.82 Å². The quantitative estimate of drug-likeness (QED) is 0.735. The van der Waals surface area contributed by atoms with Gasteiger partial charge in [-0.25, -0.2) is 9.97 Å². The summed E-state index contributed by atoms with van der Waals surface area (Å²) in [6, 6.07) is 20.9. The molecule has 0 N–H and O–H groups in total. The first-order valence-corrected chi connectivity index (χ1v) is 8.72. The number of likely N-dealkylation sites (N-methyl/N-ethyl adjacent to an activating group) is 1. The minimum absolute atomic E-state index is 0.786. The summed E-state index contributed by atoms with van der Waals surface area (Å²) in [5, 5.41) is 0. The van der Waals surface area contributed by atoms with E-state index in [1.807, 2.05) is 18.3 Å². The van der Waals surface area contributed by atoms with E-state index in [9.17, 15) is 0 Å². The molecular weight excluding hydrogens is 308 g/mol. The van der Waals surface area contributed by atoms with Crippen molar-refractivity contribution in [2.45, 2.75) is 0 Å². The van der Waals surface area contributed by atoms with Crippen molar-refractivity contribution in [1.29, 1.82) is 0 Å². The molecule has 0 unspecified atom stereocenters. The van der Waals surface area contributed by atoms with Crippen LogP contribution in [0.25, 0.3) is 22.5 Å². The van der Waals surface area contributed by atoms with Gasteiger partial charge in [-0.15, -0.1) is 0 Å². The van der Waals surface area contributed by atoms with Gasteiger partial charge in [0.05, 0.1) is 0 Å². The number of nitrogens with zero attached hydrogens (tertiary/aromatic N) is 4. The van der Waals surface area contributed by atoms with E-state index in [1.54, 1.807) is 0 Å². The molecule has 0 bridgehead atoms. The van der Waals surface area contributed by atoms with E-state index in [2.05, 4.69) is 70.4 Å². The summed E-state index contributed by atoms with van der Waals surface area (Å²) in [6.07, 6.45) is 1.87. The lowest BCUT2D eigenvalue weighted by Gasteiger charge is -2.33. The molecule has 25 heavy (non-hydrogen) atoms. The van der Waals surface area contributed by atoms with Crippen LogP contribution in [-0.4, -0.2) is 48.1 Å². The zero-order valence-corrected chi connectivity index (χ0v) is 14.5. The largest absolute Gasteiger partial charge is 0.354 e. The van der Waals surface area contributed by atoms with Gasteiger partial charge in [0.2, 0.25) is 0 Å². The number of aromatic nitrogens is 2. The lowest BCUT2D eigenvalue weighted by molar-refractivity contribution is 0.312. The van der Waals surface area contributed by atoms with E-state index < -0.39 is 0 Å². The molecule has 0 aliphatic carbocycles. The van der Waals surface area contributed by atoms with Crippen LogP contribution in [0.4, 0.5) is 5.82 Å². The van der Waals surface area contributed by atoms with Crippen LogP contribution in [-0.2, 0) is 0 Å². The fourth-order valence-electron chi connectivity index (χ4n) is 3.17. The Labute approximate surface area is 148 Å². The van der Waals surface area contributed by atoms with Crippen molar-refractivity contribution in [1.82, 2.24) is 14.9 Å². The third-order valence-corrected chi connectivity index (χ3v) is 4.70. The lowest BCUT2D eigenvalue weighted by Crippen LogP contribution is -2.44. The van der Waals surface area contributed by atoms with Gasteiger partial charge >= 0.3 is 0 Å². The molecule has 2 heterocycles. The van der Waals surface area contributed by atoms with Crippen molar-refractivity contribution < 1.29 is 0 Å². The molecule has 1 fully saturated rings. The molecule has 2 aromatic carbocycles. The Balaban J connectivity index is 1.63. The molecule has 4 nitrogen and oxygen atoms in total. The zero-order chi connectivity index (χ0) is 17.1. The van der Waals surface area contributed by atoms with Crippen molar-refractivity contribution >= 4 is 5.82 Å². The Hall–Kier alpha value is -2.72. The van der Waals surface area contributed by atoms with Crippen LogP contribution in [0.15, 0.2) is 66.9 Å². The maximum Gasteiger partial charge on any atom is 0.161 e. The predicted molar refractivity (Wildman–Crippen MR) is 103 cm³/mol. The average molecular weight is 330 g/mol. The molecular formula is C21H22N4. The number of rotatable bonds is 3. The molecule has 0 radical (unpaired) electrons. The van der Waals surface area contributed by atoms with Gasteiger partial charge in [-0.2, -0.15) is 0 Å². The first-order valence-electron chi connectivity index (χ1n) is 8.72. The highest BCUT2D eigenvalue weighted by Crippen LogP contribution is 2.25. The van der Waals surface area contributed by atoms with Crippen LogP contribution in [0.2, 0.25) is 0 Å². The minimum Gasteiger partial charge on any atom is -0.354 e. The molecule has 0 saturated carbocycles. The maximum atomic E-state index is 4.82. The van der Waals surface area contributed by atoms with Gasteiger partial charge < -0.3 is 9.80 Å². The summed E-state index contributed by atoms with van der Waals surface area (Å²) in [6.45, 7) is 4.17. The van der Waals surface area contributed by atoms with Crippen molar-refractivity contribution in [3.8, 4) is 22.5 Å². The Bertz CT molecular complexity index is 839. The van der Waals surface area contributed by atoms with Crippen LogP contribution in [0, 0.1) is 0 Å². The van der Waals surface area contributed by atoms with Crippen molar-refractivity contribution in [2.24, 2.45) is 0 Å². The Kier molecular flexibility index (Phi) is 4.44. The fraction of sp³-hybridized carbons (Fsp3) is 0.238. The second kappa shape index (κ2) is 7.03. The van der Waals surface area contributed by atoms with Crippen molar-refractivity contribution in [3.63, 3.8) is 0 Å². The molecule has 3 aromatic rings. The first kappa shape index (κ1) is 15.8. The van der Waals surface area contributed by atoms with Crippen LogP contribution < -0.4 is 4.90 Å². The molecule has 1 saturated heterocycles. The fourth-order valence-corrected chi connectivity index (χ4v) is 3.17. The highest BCUT2D eigenvalue weighted by molar-refractivity contribution is 5.70. The Morgan fingerprint density at radius 1 is 0.760 bits per heavy atom. The van der Waals surface area contributed by atoms with Gasteiger partial charge in [0.25, 0.3) is 0 Å². The topological polar surface area (TPSA) is 32.3 Å². The molecule has 126 valence electrons. The van der Waals surface area contributed by atoms with E-state index in [0.717, 1.165) is 43.4 Å². The van der Waals surface area contributed by atoms with Gasteiger partial charge in [-0.3, -0.25) is 0 Å². The number of benzene rings is 2. The Morgan fingerprint density at radius 2 is 1.48 bits per heavy atom. The summed E-state index contributed by atoms with van der Waals surface area (Å²) in [4.78, 5) is 14.0. The van der Waals surface area contributed by atoms with E-state index >= 15 is 0 Å². The van der Waals surface area contributed by atoms with Gasteiger partial charge in [0, 0.05) is 37.9 Å². The lowest BCUT2D eigenvalue weighted by atomic mass is 10.0. The standard InChI is InChI=1S/C21H22N4/c1-24-12-14-25(15-13-24)20-10-11-22-21(23-20)19-9-5-8-18(16-19)17-6-3-2-4-7-17/h2-11,16H,12-15H2,1H3. The minimum atomic E-state index is 0.786. The third-order valence-electron chi connectivity index (χ3n) is 4.70. The van der Waals surface area contributed by atoms with Crippen molar-refractivity contribution in [3.05, 3.63) is 66.9 Å². The van der Waals surface area contributed by atoms with Crippen LogP contribution >= 0.6 is 0 Å². The number of piperazine rings is 1. The summed E-state index contributed by atoms with van der Waals surface area (Å²) in [7, 11) is 2.16. The molecule has 0 spiro atoms. The van der Waals surface area contributed by atoms with Crippen molar-refractivity contribution in [2.75, 3.05) is 38.1 Å². The normalized spacial score (nSPS) is 15.3. The molecule has 4 heteroatoms. The molecule has 4 rings (SSSR count).